The van der Waals surface area contributed by atoms with Gasteiger partial charge >= 0.3 is 35.8 Å². The average molecular weight is 1640 g/mol. The van der Waals surface area contributed by atoms with E-state index in [-0.39, 0.29) is 91.6 Å². The lowest BCUT2D eigenvalue weighted by Gasteiger charge is -2.12. The van der Waals surface area contributed by atoms with Crippen molar-refractivity contribution >= 4 is 47.6 Å². The summed E-state index contributed by atoms with van der Waals surface area (Å²) in [6.45, 7) is 8.49. The Hall–Kier alpha value is -12.0. The summed E-state index contributed by atoms with van der Waals surface area (Å²) in [5.41, 5.74) is 0.218. The Labute approximate surface area is 717 Å². The zero-order chi connectivity index (χ0) is 84.9. The summed E-state index contributed by atoms with van der Waals surface area (Å²) in [6.07, 6.45) is 97.6. The van der Waals surface area contributed by atoms with Gasteiger partial charge < -0.3 is 39.1 Å². The van der Waals surface area contributed by atoms with Crippen molar-refractivity contribution in [1.82, 2.24) is 10.6 Å². The largest absolute Gasteiger partial charge is 0.462 e. The normalized spacial score (nSPS) is 12.0. The molecule has 0 bridgehead atoms. The molecule has 0 heterocycles. The Morgan fingerprint density at radius 3 is 0.742 bits per heavy atom. The molecule has 0 spiro atoms. The average Bonchev–Trinajstić information content (AvgIpc) is 0.835. The lowest BCUT2D eigenvalue weighted by Crippen LogP contribution is -2.25. The number of esters is 6. The fourth-order valence-corrected chi connectivity index (χ4v) is 10.3. The zero-order valence-corrected chi connectivity index (χ0v) is 70.0. The molecular weight excluding hydrogens is 1500 g/mol. The van der Waals surface area contributed by atoms with Crippen molar-refractivity contribution in [2.24, 2.45) is 0 Å². The Kier molecular flexibility index (Phi) is 66.8. The molecule has 644 valence electrons. The van der Waals surface area contributed by atoms with Crippen molar-refractivity contribution in [2.45, 2.75) is 209 Å². The number of ether oxygens (including phenoxy) is 6. The Balaban J connectivity index is 0.00000125. The molecule has 0 radical (unpaired) electrons. The van der Waals surface area contributed by atoms with Gasteiger partial charge in [-0.15, -0.1) is 0 Å². The van der Waals surface area contributed by atoms with Gasteiger partial charge in [-0.2, -0.15) is 0 Å². The SMILES string of the molecule is C.C.CC/C=C\C/C=C\C/C=C\C/C=C\C/C=C\C/C=C\CCC(=O)NCCCOC(=O)c1ccccc1OC(=O)c1ccccc1OC(=O)CC/C=C\C/C=C\C/C=C\C/C=C\C/C=C\C/C=C\CC.CC/C=C\C/C=C\C/C=C\C/C=C\C/C=C\C/C=C\CCC(=O)NCCCOC(=O)c1ccccc1OC(=O)c1ccccc1OC(C)=O. The summed E-state index contributed by atoms with van der Waals surface area (Å²) >= 11 is 0. The van der Waals surface area contributed by atoms with Crippen LogP contribution in [-0.2, 0) is 28.7 Å². The van der Waals surface area contributed by atoms with Crippen molar-refractivity contribution in [2.75, 3.05) is 26.3 Å². The number of nitrogens with one attached hydrogen (secondary N) is 2. The number of carbonyl (C=O) groups is 8. The van der Waals surface area contributed by atoms with Gasteiger partial charge in [0.1, 0.15) is 45.3 Å². The summed E-state index contributed by atoms with van der Waals surface area (Å²) < 4.78 is 32.5. The minimum atomic E-state index is -0.790. The van der Waals surface area contributed by atoms with Crippen LogP contribution in [0.1, 0.15) is 251 Å². The maximum Gasteiger partial charge on any atom is 0.347 e. The van der Waals surface area contributed by atoms with E-state index >= 15 is 0 Å². The predicted molar refractivity (Wildman–Crippen MR) is 494 cm³/mol. The molecule has 0 fully saturated rings. The van der Waals surface area contributed by atoms with Gasteiger partial charge in [-0.25, -0.2) is 19.2 Å². The molecule has 2 amide bonds. The van der Waals surface area contributed by atoms with Crippen LogP contribution in [0.5, 0.6) is 23.0 Å². The van der Waals surface area contributed by atoms with Crippen molar-refractivity contribution in [1.29, 1.82) is 0 Å². The van der Waals surface area contributed by atoms with Gasteiger partial charge in [0, 0.05) is 39.3 Å². The molecule has 0 saturated heterocycles. The fourth-order valence-electron chi connectivity index (χ4n) is 10.3. The topological polar surface area (TPSA) is 216 Å². The Morgan fingerprint density at radius 2 is 0.483 bits per heavy atom. The highest BCUT2D eigenvalue weighted by molar-refractivity contribution is 5.99. The highest BCUT2D eigenvalue weighted by Gasteiger charge is 2.23. The number of allylic oxidation sites excluding steroid dienone is 36. The molecular formula is C104H134N2O14. The number of benzene rings is 4. The highest BCUT2D eigenvalue weighted by Crippen LogP contribution is 2.27. The first-order valence-electron chi connectivity index (χ1n) is 41.6. The standard InChI is InChI=1S/C61H77NO7.C41H49NO7.2CH4/c1-3-5-7-9-11-13-15-17-19-21-23-25-27-29-31-33-35-37-39-50-58(63)62-52-45-53-67-60(65)54-46-41-44-49-57(54)69-61(66)55-47-42-43-48-56(55)68-59(64)51-40-38-36-34-32-30-28-26-24-22-20-18-16-14-12-10-8-6-4-2;1-3-4-5-6-7-8-9-10-11-12-13-14-15-16-17-18-19-20-21-31-39(44)42-32-26-33-47-40(45)35-27-22-25-30-38(35)49-41(46)36-28-23-24-29-37(36)48-34(2)43;;/h5-8,11-14,17-20,23-26,29-32,35-38,41-44,46-49H,3-4,9-10,15-16,21-22,27-28,33-34,39-40,45,50-53H2,1-2H3,(H,62,63);4-5,7-8,10-11,13-14,16-17,19-20,22-25,27-30H,3,6,9,12,15,18,21,26,31-33H2,1-2H3,(H,42,44);2*1H4/b7-5-,8-6-,13-11-,14-12-,19-17-,20-18-,25-23-,26-24-,31-29-,32-30-,37-35-,38-36-;5-4-,8-7-,11-10-,14-13-,17-16-,20-19-;;. The summed E-state index contributed by atoms with van der Waals surface area (Å²) in [6, 6.07) is 24.9. The van der Waals surface area contributed by atoms with Crippen LogP contribution < -0.4 is 29.6 Å². The molecule has 0 atom stereocenters. The first kappa shape index (κ1) is 106. The van der Waals surface area contributed by atoms with Crippen LogP contribution in [0.3, 0.4) is 0 Å². The lowest BCUT2D eigenvalue weighted by molar-refractivity contribution is -0.134. The molecule has 0 aliphatic rings. The predicted octanol–water partition coefficient (Wildman–Crippen LogP) is 25.7. The van der Waals surface area contributed by atoms with Gasteiger partial charge in [-0.1, -0.05) is 303 Å². The Morgan fingerprint density at radius 1 is 0.267 bits per heavy atom. The second-order valence-corrected chi connectivity index (χ2v) is 26.4. The van der Waals surface area contributed by atoms with E-state index in [4.69, 9.17) is 28.4 Å². The van der Waals surface area contributed by atoms with Crippen LogP contribution in [0.2, 0.25) is 0 Å². The number of carbonyl (C=O) groups excluding carboxylic acids is 8. The summed E-state index contributed by atoms with van der Waals surface area (Å²) in [4.78, 5) is 100. The molecule has 0 aliphatic carbocycles. The third kappa shape index (κ3) is 57.1. The smallest absolute Gasteiger partial charge is 0.347 e. The van der Waals surface area contributed by atoms with Gasteiger partial charge in [0.15, 0.2) is 0 Å². The van der Waals surface area contributed by atoms with Crippen LogP contribution in [0.4, 0.5) is 0 Å². The Bertz CT molecular complexity index is 4140. The van der Waals surface area contributed by atoms with E-state index in [0.29, 0.717) is 58.0 Å². The number of rotatable bonds is 58. The van der Waals surface area contributed by atoms with E-state index in [0.717, 1.165) is 116 Å². The second-order valence-electron chi connectivity index (χ2n) is 26.4. The highest BCUT2D eigenvalue weighted by atomic mass is 16.6. The zero-order valence-electron chi connectivity index (χ0n) is 70.0. The third-order valence-electron chi connectivity index (χ3n) is 16.4. The van der Waals surface area contributed by atoms with Crippen LogP contribution in [0.15, 0.2) is 316 Å². The van der Waals surface area contributed by atoms with E-state index in [1.807, 2.05) is 24.3 Å². The number of hydrogen-bond acceptors (Lipinski definition) is 14. The maximum absolute atomic E-state index is 13.3. The van der Waals surface area contributed by atoms with Crippen LogP contribution >= 0.6 is 0 Å². The molecule has 0 saturated carbocycles. The van der Waals surface area contributed by atoms with Crippen LogP contribution in [-0.4, -0.2) is 73.9 Å². The molecule has 0 aliphatic heterocycles. The van der Waals surface area contributed by atoms with Gasteiger partial charge in [0.2, 0.25) is 11.8 Å². The van der Waals surface area contributed by atoms with Crippen LogP contribution in [0, 0.1) is 0 Å². The minimum absolute atomic E-state index is 0. The minimum Gasteiger partial charge on any atom is -0.462 e. The van der Waals surface area contributed by atoms with Gasteiger partial charge in [-0.3, -0.25) is 19.2 Å². The molecule has 0 unspecified atom stereocenters. The van der Waals surface area contributed by atoms with Gasteiger partial charge in [-0.05, 0) is 196 Å². The fraction of sp³-hybridized carbons (Fsp3) is 0.346. The van der Waals surface area contributed by atoms with Gasteiger partial charge in [0.05, 0.1) is 13.2 Å². The lowest BCUT2D eigenvalue weighted by atomic mass is 10.2. The number of para-hydroxylation sites is 4. The number of amides is 2. The molecule has 16 heteroatoms. The van der Waals surface area contributed by atoms with E-state index < -0.39 is 35.8 Å². The quantitative estimate of drug-likeness (QED) is 0.0182. The van der Waals surface area contributed by atoms with Crippen molar-refractivity contribution < 1.29 is 66.8 Å². The van der Waals surface area contributed by atoms with E-state index in [9.17, 15) is 38.4 Å². The van der Waals surface area contributed by atoms with E-state index in [1.165, 1.54) is 55.5 Å². The maximum atomic E-state index is 13.3. The summed E-state index contributed by atoms with van der Waals surface area (Å²) in [5, 5.41) is 5.68. The molecule has 120 heavy (non-hydrogen) atoms. The van der Waals surface area contributed by atoms with E-state index in [1.54, 1.807) is 48.5 Å². The second kappa shape index (κ2) is 75.7. The molecule has 4 rings (SSSR count). The summed E-state index contributed by atoms with van der Waals surface area (Å²) in [5.74, 6) is -3.99. The summed E-state index contributed by atoms with van der Waals surface area (Å²) in [7, 11) is 0. The third-order valence-corrected chi connectivity index (χ3v) is 16.4. The van der Waals surface area contributed by atoms with Gasteiger partial charge in [0.25, 0.3) is 0 Å². The molecule has 2 N–H and O–H groups in total. The van der Waals surface area contributed by atoms with Crippen LogP contribution in [0.25, 0.3) is 0 Å². The molecule has 4 aromatic rings. The number of hydrogen-bond donors (Lipinski definition) is 2. The first-order chi connectivity index (χ1) is 57.9. The molecule has 0 aromatic heterocycles. The molecule has 4 aromatic carbocycles. The van der Waals surface area contributed by atoms with Crippen molar-refractivity contribution in [3.8, 4) is 23.0 Å². The van der Waals surface area contributed by atoms with E-state index in [2.05, 4.69) is 226 Å². The monoisotopic (exact) mass is 1630 g/mol. The van der Waals surface area contributed by atoms with Crippen molar-refractivity contribution in [3.05, 3.63) is 338 Å². The molecule has 16 nitrogen and oxygen atoms in total. The van der Waals surface area contributed by atoms with Crippen molar-refractivity contribution in [3.63, 3.8) is 0 Å². The first-order valence-corrected chi connectivity index (χ1v) is 41.6.